The van der Waals surface area contributed by atoms with Gasteiger partial charge in [-0.2, -0.15) is 0 Å². The van der Waals surface area contributed by atoms with Crippen LogP contribution in [0.5, 0.6) is 5.75 Å². The number of aliphatic carboxylic acids is 1. The quantitative estimate of drug-likeness (QED) is 0.673. The zero-order valence-electron chi connectivity index (χ0n) is 12.3. The van der Waals surface area contributed by atoms with Crippen molar-refractivity contribution in [3.63, 3.8) is 0 Å². The number of aryl methyl sites for hydroxylation is 1. The van der Waals surface area contributed by atoms with Crippen LogP contribution in [0.3, 0.4) is 0 Å². The van der Waals surface area contributed by atoms with Gasteiger partial charge in [-0.15, -0.1) is 0 Å². The van der Waals surface area contributed by atoms with Gasteiger partial charge in [0.05, 0.1) is 5.39 Å². The van der Waals surface area contributed by atoms with Gasteiger partial charge in [0, 0.05) is 25.0 Å². The Morgan fingerprint density at radius 3 is 2.68 bits per heavy atom. The summed E-state index contributed by atoms with van der Waals surface area (Å²) in [5.74, 6) is -0.596. The first-order chi connectivity index (χ1) is 10.4. The number of hydrogen-bond donors (Lipinski definition) is 1. The van der Waals surface area contributed by atoms with Crippen molar-refractivity contribution in [1.29, 1.82) is 0 Å². The predicted octanol–water partition coefficient (Wildman–Crippen LogP) is 2.43. The maximum Gasteiger partial charge on any atom is 0.308 e. The van der Waals surface area contributed by atoms with Crippen LogP contribution in [0.15, 0.2) is 27.4 Å². The van der Waals surface area contributed by atoms with Gasteiger partial charge < -0.3 is 14.3 Å². The van der Waals surface area contributed by atoms with Gasteiger partial charge in [0.2, 0.25) is 0 Å². The van der Waals surface area contributed by atoms with Crippen molar-refractivity contribution in [2.75, 3.05) is 0 Å². The second kappa shape index (κ2) is 6.43. The largest absolute Gasteiger partial charge is 0.481 e. The Hall–Kier alpha value is -2.63. The van der Waals surface area contributed by atoms with Crippen LogP contribution in [0.4, 0.5) is 0 Å². The Morgan fingerprint density at radius 1 is 1.32 bits per heavy atom. The molecule has 22 heavy (non-hydrogen) atoms. The highest BCUT2D eigenvalue weighted by Crippen LogP contribution is 2.22. The Bertz CT molecular complexity index is 787. The summed E-state index contributed by atoms with van der Waals surface area (Å²) in [6.45, 7) is 2.95. The first kappa shape index (κ1) is 15.8. The molecule has 0 fully saturated rings. The molecule has 2 rings (SSSR count). The summed E-state index contributed by atoms with van der Waals surface area (Å²) in [4.78, 5) is 33.9. The van der Waals surface area contributed by atoms with Gasteiger partial charge in [-0.1, -0.05) is 0 Å². The second-order valence-electron chi connectivity index (χ2n) is 4.96. The van der Waals surface area contributed by atoms with Crippen molar-refractivity contribution in [2.24, 2.45) is 0 Å². The summed E-state index contributed by atoms with van der Waals surface area (Å²) < 4.78 is 10.6. The smallest absolute Gasteiger partial charge is 0.308 e. The van der Waals surface area contributed by atoms with Crippen LogP contribution in [-0.2, 0) is 16.0 Å². The maximum absolute atomic E-state index is 12.4. The third kappa shape index (κ3) is 3.52. The molecule has 1 N–H and O–H groups in total. The van der Waals surface area contributed by atoms with E-state index in [1.165, 1.54) is 19.1 Å². The average Bonchev–Trinajstić information content (AvgIpc) is 2.41. The van der Waals surface area contributed by atoms with E-state index in [1.807, 2.05) is 0 Å². The van der Waals surface area contributed by atoms with Crippen molar-refractivity contribution in [3.8, 4) is 5.75 Å². The highest BCUT2D eigenvalue weighted by Gasteiger charge is 2.13. The molecule has 2 aromatic rings. The van der Waals surface area contributed by atoms with Gasteiger partial charge in [0.25, 0.3) is 0 Å². The van der Waals surface area contributed by atoms with Crippen LogP contribution >= 0.6 is 0 Å². The fourth-order valence-electron chi connectivity index (χ4n) is 2.26. The van der Waals surface area contributed by atoms with E-state index in [-0.39, 0.29) is 11.8 Å². The van der Waals surface area contributed by atoms with E-state index in [9.17, 15) is 14.4 Å². The lowest BCUT2D eigenvalue weighted by atomic mass is 10.0. The van der Waals surface area contributed by atoms with Gasteiger partial charge >= 0.3 is 11.9 Å². The molecule has 116 valence electrons. The van der Waals surface area contributed by atoms with Crippen molar-refractivity contribution in [2.45, 2.75) is 33.1 Å². The summed E-state index contributed by atoms with van der Waals surface area (Å²) in [5.41, 5.74) is 0.635. The van der Waals surface area contributed by atoms with E-state index >= 15 is 0 Å². The number of benzene rings is 1. The van der Waals surface area contributed by atoms with Crippen LogP contribution < -0.4 is 10.2 Å². The van der Waals surface area contributed by atoms with Gasteiger partial charge in [0.15, 0.2) is 5.43 Å². The number of fused-ring (bicyclic) bond motifs is 1. The third-order valence-corrected chi connectivity index (χ3v) is 3.24. The van der Waals surface area contributed by atoms with E-state index < -0.39 is 11.9 Å². The van der Waals surface area contributed by atoms with Crippen LogP contribution in [0.2, 0.25) is 0 Å². The molecule has 0 aliphatic carbocycles. The van der Waals surface area contributed by atoms with Crippen LogP contribution in [-0.4, -0.2) is 17.0 Å². The van der Waals surface area contributed by atoms with Gasteiger partial charge in [0.1, 0.15) is 17.1 Å². The monoisotopic (exact) mass is 304 g/mol. The van der Waals surface area contributed by atoms with Gasteiger partial charge in [-0.25, -0.2) is 0 Å². The number of carboxylic acids is 1. The zero-order valence-corrected chi connectivity index (χ0v) is 12.3. The van der Waals surface area contributed by atoms with Gasteiger partial charge in [-0.05, 0) is 31.9 Å². The lowest BCUT2D eigenvalue weighted by Crippen LogP contribution is -2.12. The molecular weight excluding hydrogens is 288 g/mol. The molecule has 1 heterocycles. The first-order valence-electron chi connectivity index (χ1n) is 6.85. The van der Waals surface area contributed by atoms with E-state index in [2.05, 4.69) is 0 Å². The highest BCUT2D eigenvalue weighted by atomic mass is 16.5. The lowest BCUT2D eigenvalue weighted by Gasteiger charge is -2.07. The minimum atomic E-state index is -0.895. The topological polar surface area (TPSA) is 93.8 Å². The number of carbonyl (C=O) groups excluding carboxylic acids is 1. The molecule has 0 aliphatic heterocycles. The standard InChI is InChI=1S/C16H16O6/c1-9-12(4-3-5-15(18)19)16(20)13-7-6-11(22-10(2)17)8-14(13)21-9/h6-8H,3-5H2,1-2H3,(H,18,19). The molecule has 0 atom stereocenters. The molecule has 0 amide bonds. The summed E-state index contributed by atoms with van der Waals surface area (Å²) in [6.07, 6.45) is 0.725. The molecule has 1 aromatic heterocycles. The summed E-state index contributed by atoms with van der Waals surface area (Å²) >= 11 is 0. The molecule has 6 nitrogen and oxygen atoms in total. The average molecular weight is 304 g/mol. The number of carboxylic acid groups (broad SMARTS) is 1. The van der Waals surface area contributed by atoms with Crippen LogP contribution in [0.25, 0.3) is 11.0 Å². The molecule has 0 radical (unpaired) electrons. The molecule has 1 aromatic carbocycles. The van der Waals surface area contributed by atoms with Crippen LogP contribution in [0, 0.1) is 6.92 Å². The van der Waals surface area contributed by atoms with Crippen molar-refractivity contribution >= 4 is 22.9 Å². The Balaban J connectivity index is 2.39. The summed E-state index contributed by atoms with van der Waals surface area (Å²) in [7, 11) is 0. The summed E-state index contributed by atoms with van der Waals surface area (Å²) in [5, 5.41) is 9.04. The number of hydrogen-bond acceptors (Lipinski definition) is 5. The molecule has 0 spiro atoms. The Morgan fingerprint density at radius 2 is 2.05 bits per heavy atom. The van der Waals surface area contributed by atoms with Crippen molar-refractivity contribution < 1.29 is 23.8 Å². The zero-order chi connectivity index (χ0) is 16.3. The SMILES string of the molecule is CC(=O)Oc1ccc2c(=O)c(CCCC(=O)O)c(C)oc2c1. The fourth-order valence-corrected chi connectivity index (χ4v) is 2.26. The molecule has 0 saturated heterocycles. The Labute approximate surface area is 126 Å². The van der Waals surface area contributed by atoms with Crippen molar-refractivity contribution in [3.05, 3.63) is 39.7 Å². The third-order valence-electron chi connectivity index (χ3n) is 3.24. The summed E-state index contributed by atoms with van der Waals surface area (Å²) in [6, 6.07) is 4.56. The molecule has 6 heteroatoms. The predicted molar refractivity (Wildman–Crippen MR) is 79.1 cm³/mol. The molecule has 0 bridgehead atoms. The fraction of sp³-hybridized carbons (Fsp3) is 0.312. The van der Waals surface area contributed by atoms with Crippen molar-refractivity contribution in [1.82, 2.24) is 0 Å². The number of esters is 1. The van der Waals surface area contributed by atoms with E-state index in [4.69, 9.17) is 14.3 Å². The minimum absolute atomic E-state index is 0.00229. The molecule has 0 unspecified atom stereocenters. The molecular formula is C16H16O6. The molecule has 0 saturated carbocycles. The second-order valence-corrected chi connectivity index (χ2v) is 4.96. The maximum atomic E-state index is 12.4. The van der Waals surface area contributed by atoms with E-state index in [0.717, 1.165) is 0 Å². The van der Waals surface area contributed by atoms with Gasteiger partial charge in [-0.3, -0.25) is 14.4 Å². The van der Waals surface area contributed by atoms with E-state index in [0.29, 0.717) is 40.9 Å². The number of carbonyl (C=O) groups is 2. The molecule has 0 aliphatic rings. The lowest BCUT2D eigenvalue weighted by molar-refractivity contribution is -0.137. The highest BCUT2D eigenvalue weighted by molar-refractivity contribution is 5.80. The first-order valence-corrected chi connectivity index (χ1v) is 6.85. The minimum Gasteiger partial charge on any atom is -0.481 e. The number of rotatable bonds is 5. The number of ether oxygens (including phenoxy) is 1. The Kier molecular flexibility index (Phi) is 4.60. The normalized spacial score (nSPS) is 10.6. The van der Waals surface area contributed by atoms with E-state index in [1.54, 1.807) is 13.0 Å². The van der Waals surface area contributed by atoms with Crippen LogP contribution in [0.1, 0.15) is 31.1 Å².